The zero-order valence-corrected chi connectivity index (χ0v) is 8.19. The van der Waals surface area contributed by atoms with E-state index < -0.39 is 19.1 Å². The lowest BCUT2D eigenvalue weighted by Crippen LogP contribution is -2.20. The maximum absolute atomic E-state index is 11.0. The summed E-state index contributed by atoms with van der Waals surface area (Å²) in [5.41, 5.74) is 4.17. The molecule has 5 N–H and O–H groups in total. The van der Waals surface area contributed by atoms with Gasteiger partial charge in [-0.1, -0.05) is 30.3 Å². The van der Waals surface area contributed by atoms with Crippen molar-refractivity contribution in [1.29, 1.82) is 5.41 Å². The van der Waals surface area contributed by atoms with E-state index in [9.17, 15) is 4.57 Å². The van der Waals surface area contributed by atoms with Crippen molar-refractivity contribution in [2.24, 2.45) is 5.73 Å². The third kappa shape index (κ3) is 2.42. The number of rotatable bonds is 3. The van der Waals surface area contributed by atoms with E-state index in [1.54, 1.807) is 18.2 Å². The number of hydrogen-bond donors (Lipinski definition) is 4. The Hall–Kier alpha value is -1.16. The van der Waals surface area contributed by atoms with Gasteiger partial charge in [0.25, 0.3) is 0 Å². The molecule has 0 saturated heterocycles. The highest BCUT2D eigenvalue weighted by molar-refractivity contribution is 7.53. The molecule has 6 heteroatoms. The minimum absolute atomic E-state index is 0.355. The van der Waals surface area contributed by atoms with Crippen LogP contribution >= 0.6 is 7.60 Å². The van der Waals surface area contributed by atoms with E-state index in [4.69, 9.17) is 20.9 Å². The number of amidine groups is 1. The third-order valence-corrected chi connectivity index (χ3v) is 3.00. The normalized spacial score (nSPS) is 13.6. The molecule has 76 valence electrons. The molecular formula is C8H11N2O3P. The van der Waals surface area contributed by atoms with Crippen LogP contribution in [0.2, 0.25) is 0 Å². The van der Waals surface area contributed by atoms with Crippen molar-refractivity contribution in [2.75, 3.05) is 0 Å². The molecular weight excluding hydrogens is 203 g/mol. The van der Waals surface area contributed by atoms with Crippen molar-refractivity contribution in [1.82, 2.24) is 0 Å². The second-order valence-electron chi connectivity index (χ2n) is 2.86. The topological polar surface area (TPSA) is 107 Å². The van der Waals surface area contributed by atoms with Crippen molar-refractivity contribution < 1.29 is 14.4 Å². The second-order valence-corrected chi connectivity index (χ2v) is 4.55. The molecule has 0 heterocycles. The van der Waals surface area contributed by atoms with E-state index in [0.29, 0.717) is 5.56 Å². The monoisotopic (exact) mass is 214 g/mol. The van der Waals surface area contributed by atoms with Gasteiger partial charge < -0.3 is 15.5 Å². The second kappa shape index (κ2) is 3.92. The molecule has 5 nitrogen and oxygen atoms in total. The molecule has 1 aromatic rings. The van der Waals surface area contributed by atoms with Gasteiger partial charge in [0.15, 0.2) is 0 Å². The summed E-state index contributed by atoms with van der Waals surface area (Å²) in [6.07, 6.45) is 0. The quantitative estimate of drug-likeness (QED) is 0.339. The Balaban J connectivity index is 3.15. The Kier molecular flexibility index (Phi) is 3.06. The van der Waals surface area contributed by atoms with E-state index in [1.807, 2.05) is 0 Å². The van der Waals surface area contributed by atoms with Gasteiger partial charge in [-0.25, -0.2) is 0 Å². The SMILES string of the molecule is N=C(N)C(c1ccccc1)P(=O)(O)O. The summed E-state index contributed by atoms with van der Waals surface area (Å²) in [5.74, 6) is -0.524. The van der Waals surface area contributed by atoms with Gasteiger partial charge in [0, 0.05) is 0 Å². The van der Waals surface area contributed by atoms with E-state index in [0.717, 1.165) is 0 Å². The van der Waals surface area contributed by atoms with E-state index in [2.05, 4.69) is 0 Å². The van der Waals surface area contributed by atoms with Crippen molar-refractivity contribution in [3.05, 3.63) is 35.9 Å². The van der Waals surface area contributed by atoms with Gasteiger partial charge in [0.2, 0.25) is 0 Å². The Morgan fingerprint density at radius 2 is 1.86 bits per heavy atom. The molecule has 1 aromatic carbocycles. The minimum atomic E-state index is -4.40. The molecule has 1 unspecified atom stereocenters. The van der Waals surface area contributed by atoms with Gasteiger partial charge in [-0.15, -0.1) is 0 Å². The summed E-state index contributed by atoms with van der Waals surface area (Å²) in [6, 6.07) is 8.07. The van der Waals surface area contributed by atoms with E-state index >= 15 is 0 Å². The highest BCUT2D eigenvalue weighted by atomic mass is 31.2. The average molecular weight is 214 g/mol. The van der Waals surface area contributed by atoms with E-state index in [-0.39, 0.29) is 0 Å². The lowest BCUT2D eigenvalue weighted by molar-refractivity contribution is 0.368. The van der Waals surface area contributed by atoms with E-state index in [1.165, 1.54) is 12.1 Å². The molecule has 0 fully saturated rings. The van der Waals surface area contributed by atoms with Gasteiger partial charge in [0.05, 0.1) is 0 Å². The molecule has 0 radical (unpaired) electrons. The molecule has 0 aliphatic carbocycles. The van der Waals surface area contributed by atoms with Crippen molar-refractivity contribution in [3.63, 3.8) is 0 Å². The minimum Gasteiger partial charge on any atom is -0.387 e. The Bertz CT molecular complexity index is 373. The van der Waals surface area contributed by atoms with Crippen LogP contribution in [0.3, 0.4) is 0 Å². The van der Waals surface area contributed by atoms with Crippen molar-refractivity contribution in [3.8, 4) is 0 Å². The lowest BCUT2D eigenvalue weighted by Gasteiger charge is -2.16. The molecule has 1 rings (SSSR count). The van der Waals surface area contributed by atoms with Gasteiger partial charge in [-0.3, -0.25) is 9.97 Å². The van der Waals surface area contributed by atoms with Gasteiger partial charge in [-0.2, -0.15) is 0 Å². The highest BCUT2D eigenvalue weighted by Gasteiger charge is 2.32. The smallest absolute Gasteiger partial charge is 0.340 e. The summed E-state index contributed by atoms with van der Waals surface area (Å²) in [7, 11) is -4.40. The fourth-order valence-electron chi connectivity index (χ4n) is 1.19. The van der Waals surface area contributed by atoms with Crippen LogP contribution in [-0.2, 0) is 4.57 Å². The molecule has 0 bridgehead atoms. The molecule has 0 amide bonds. The summed E-state index contributed by atoms with van der Waals surface area (Å²) in [5, 5.41) is 7.13. The zero-order valence-electron chi connectivity index (χ0n) is 7.29. The van der Waals surface area contributed by atoms with Crippen LogP contribution in [0, 0.1) is 5.41 Å². The molecule has 0 spiro atoms. The Labute approximate surface area is 81.2 Å². The van der Waals surface area contributed by atoms with Gasteiger partial charge in [-0.05, 0) is 5.56 Å². The number of nitrogens with one attached hydrogen (secondary N) is 1. The van der Waals surface area contributed by atoms with Crippen molar-refractivity contribution in [2.45, 2.75) is 5.66 Å². The average Bonchev–Trinajstić information content (AvgIpc) is 2.02. The van der Waals surface area contributed by atoms with Crippen LogP contribution in [0.5, 0.6) is 0 Å². The predicted octanol–water partition coefficient (Wildman–Crippen LogP) is 0.841. The Morgan fingerprint density at radius 1 is 1.36 bits per heavy atom. The first-order chi connectivity index (χ1) is 6.43. The summed E-state index contributed by atoms with van der Waals surface area (Å²) in [4.78, 5) is 18.0. The summed E-state index contributed by atoms with van der Waals surface area (Å²) < 4.78 is 11.0. The number of hydrogen-bond acceptors (Lipinski definition) is 2. The molecule has 0 aliphatic heterocycles. The van der Waals surface area contributed by atoms with Crippen LogP contribution in [0.4, 0.5) is 0 Å². The van der Waals surface area contributed by atoms with Crippen LogP contribution in [-0.4, -0.2) is 15.6 Å². The zero-order chi connectivity index (χ0) is 10.8. The summed E-state index contributed by atoms with van der Waals surface area (Å²) in [6.45, 7) is 0. The van der Waals surface area contributed by atoms with Gasteiger partial charge >= 0.3 is 7.60 Å². The number of nitrogens with two attached hydrogens (primary N) is 1. The van der Waals surface area contributed by atoms with Gasteiger partial charge in [0.1, 0.15) is 11.5 Å². The molecule has 0 aliphatic rings. The molecule has 1 atom stereocenters. The molecule has 0 saturated carbocycles. The maximum atomic E-state index is 11.0. The standard InChI is InChI=1S/C8H11N2O3P/c9-8(10)7(14(11,12)13)6-4-2-1-3-5-6/h1-5,7H,(H3,9,10)(H2,11,12,13). The Morgan fingerprint density at radius 3 is 2.21 bits per heavy atom. The fraction of sp³-hybridized carbons (Fsp3) is 0.125. The van der Waals surface area contributed by atoms with Crippen LogP contribution in [0.1, 0.15) is 11.2 Å². The number of benzene rings is 1. The lowest BCUT2D eigenvalue weighted by atomic mass is 10.1. The molecule has 14 heavy (non-hydrogen) atoms. The highest BCUT2D eigenvalue weighted by Crippen LogP contribution is 2.51. The first-order valence-electron chi connectivity index (χ1n) is 3.87. The first kappa shape index (κ1) is 10.9. The first-order valence-corrected chi connectivity index (χ1v) is 5.55. The van der Waals surface area contributed by atoms with Crippen LogP contribution in [0.25, 0.3) is 0 Å². The predicted molar refractivity (Wildman–Crippen MR) is 53.1 cm³/mol. The maximum Gasteiger partial charge on any atom is 0.340 e. The molecule has 0 aromatic heterocycles. The van der Waals surface area contributed by atoms with Crippen LogP contribution < -0.4 is 5.73 Å². The largest absolute Gasteiger partial charge is 0.387 e. The van der Waals surface area contributed by atoms with Crippen molar-refractivity contribution >= 4 is 13.4 Å². The summed E-state index contributed by atoms with van der Waals surface area (Å²) >= 11 is 0. The fourth-order valence-corrected chi connectivity index (χ4v) is 2.11. The third-order valence-electron chi connectivity index (χ3n) is 1.75. The van der Waals surface area contributed by atoms with Crippen LogP contribution in [0.15, 0.2) is 30.3 Å².